The molecular weight excluding hydrogens is 346 g/mol. The molecule has 0 aliphatic carbocycles. The number of hydrogen-bond acceptors (Lipinski definition) is 4. The van der Waals surface area contributed by atoms with Crippen LogP contribution in [-0.2, 0) is 33.6 Å². The molecule has 1 aromatic heterocycles. The van der Waals surface area contributed by atoms with E-state index >= 15 is 0 Å². The fourth-order valence-corrected chi connectivity index (χ4v) is 3.75. The largest absolute Gasteiger partial charge is 0.472 e. The van der Waals surface area contributed by atoms with Crippen molar-refractivity contribution in [3.63, 3.8) is 0 Å². The first kappa shape index (κ1) is 17.3. The number of aryl methyl sites for hydroxylation is 2. The highest BCUT2D eigenvalue weighted by Gasteiger charge is 2.29. The number of amides is 3. The normalized spacial score (nSPS) is 15.3. The fraction of sp³-hybridized carbons (Fsp3) is 0.350. The molecule has 0 unspecified atom stereocenters. The van der Waals surface area contributed by atoms with E-state index in [1.165, 1.54) is 0 Å². The number of benzene rings is 1. The summed E-state index contributed by atoms with van der Waals surface area (Å²) in [6, 6.07) is 5.57. The highest BCUT2D eigenvalue weighted by atomic mass is 16.3. The summed E-state index contributed by atoms with van der Waals surface area (Å²) < 4.78 is 4.97. The van der Waals surface area contributed by atoms with Crippen molar-refractivity contribution in [3.05, 3.63) is 47.4 Å². The third kappa shape index (κ3) is 3.58. The standard InChI is InChI=1S/C20H21N3O4/c24-17-4-3-15-11-16(10-14-2-1-8-23(17)18(14)15)22-20(26)19(25)21-7-5-13-6-9-27-12-13/h6,9-12H,1-5,7-8H2,(H,21,25)(H,22,26). The summed E-state index contributed by atoms with van der Waals surface area (Å²) in [5.74, 6) is -1.19. The summed E-state index contributed by atoms with van der Waals surface area (Å²) in [7, 11) is 0. The van der Waals surface area contributed by atoms with Crippen molar-refractivity contribution in [3.8, 4) is 0 Å². The van der Waals surface area contributed by atoms with Gasteiger partial charge in [-0.3, -0.25) is 14.4 Å². The van der Waals surface area contributed by atoms with Crippen LogP contribution in [0.25, 0.3) is 0 Å². The Morgan fingerprint density at radius 1 is 1.11 bits per heavy atom. The number of anilines is 2. The van der Waals surface area contributed by atoms with Crippen LogP contribution >= 0.6 is 0 Å². The molecule has 0 radical (unpaired) electrons. The average Bonchev–Trinajstić information content (AvgIpc) is 3.18. The molecule has 0 spiro atoms. The van der Waals surface area contributed by atoms with Crippen molar-refractivity contribution in [1.82, 2.24) is 5.32 Å². The van der Waals surface area contributed by atoms with Gasteiger partial charge in [-0.05, 0) is 60.6 Å². The molecule has 0 bridgehead atoms. The van der Waals surface area contributed by atoms with Crippen LogP contribution in [0.1, 0.15) is 29.5 Å². The lowest BCUT2D eigenvalue weighted by Gasteiger charge is -2.35. The van der Waals surface area contributed by atoms with E-state index in [2.05, 4.69) is 10.6 Å². The van der Waals surface area contributed by atoms with E-state index < -0.39 is 11.8 Å². The Morgan fingerprint density at radius 2 is 1.93 bits per heavy atom. The second kappa shape index (κ2) is 7.26. The Labute approximate surface area is 156 Å². The maximum absolute atomic E-state index is 12.2. The second-order valence-corrected chi connectivity index (χ2v) is 6.88. The number of furan rings is 1. The van der Waals surface area contributed by atoms with Gasteiger partial charge in [0.25, 0.3) is 0 Å². The summed E-state index contributed by atoms with van der Waals surface area (Å²) in [5.41, 5.74) is 4.68. The number of carbonyl (C=O) groups is 3. The SMILES string of the molecule is O=C(NCCc1ccoc1)C(=O)Nc1cc2c3c(c1)CCC(=O)N3CCC2. The molecule has 2 aliphatic heterocycles. The molecular formula is C20H21N3O4. The third-order valence-corrected chi connectivity index (χ3v) is 5.02. The van der Waals surface area contributed by atoms with E-state index in [1.807, 2.05) is 23.1 Å². The zero-order valence-corrected chi connectivity index (χ0v) is 14.9. The van der Waals surface area contributed by atoms with Crippen LogP contribution in [0.5, 0.6) is 0 Å². The summed E-state index contributed by atoms with van der Waals surface area (Å²) >= 11 is 0. The van der Waals surface area contributed by atoms with Gasteiger partial charge in [0.1, 0.15) is 0 Å². The molecule has 7 heteroatoms. The Bertz CT molecular complexity index is 872. The predicted molar refractivity (Wildman–Crippen MR) is 99.5 cm³/mol. The number of carbonyl (C=O) groups excluding carboxylic acids is 3. The predicted octanol–water partition coefficient (Wildman–Crippen LogP) is 1.80. The van der Waals surface area contributed by atoms with E-state index in [4.69, 9.17) is 4.42 Å². The van der Waals surface area contributed by atoms with Crippen LogP contribution in [0.15, 0.2) is 35.1 Å². The Hall–Kier alpha value is -3.09. The highest BCUT2D eigenvalue weighted by molar-refractivity contribution is 6.39. The summed E-state index contributed by atoms with van der Waals surface area (Å²) in [4.78, 5) is 38.2. The van der Waals surface area contributed by atoms with Gasteiger partial charge in [0.15, 0.2) is 0 Å². The van der Waals surface area contributed by atoms with E-state index in [1.54, 1.807) is 12.5 Å². The first-order chi connectivity index (χ1) is 13.1. The van der Waals surface area contributed by atoms with Crippen LogP contribution in [0.2, 0.25) is 0 Å². The smallest absolute Gasteiger partial charge is 0.313 e. The van der Waals surface area contributed by atoms with Crippen molar-refractivity contribution >= 4 is 29.1 Å². The number of hydrogen-bond donors (Lipinski definition) is 2. The van der Waals surface area contributed by atoms with E-state index in [0.29, 0.717) is 31.5 Å². The highest BCUT2D eigenvalue weighted by Crippen LogP contribution is 2.37. The van der Waals surface area contributed by atoms with Gasteiger partial charge in [0, 0.05) is 25.2 Å². The minimum atomic E-state index is -0.686. The lowest BCUT2D eigenvalue weighted by Crippen LogP contribution is -2.39. The van der Waals surface area contributed by atoms with Gasteiger partial charge in [0.2, 0.25) is 5.91 Å². The average molecular weight is 367 g/mol. The lowest BCUT2D eigenvalue weighted by atomic mass is 9.91. The van der Waals surface area contributed by atoms with Crippen LogP contribution in [0.3, 0.4) is 0 Å². The van der Waals surface area contributed by atoms with Gasteiger partial charge < -0.3 is 20.0 Å². The van der Waals surface area contributed by atoms with Gasteiger partial charge in [0.05, 0.1) is 18.2 Å². The molecule has 27 heavy (non-hydrogen) atoms. The zero-order chi connectivity index (χ0) is 18.8. The molecule has 0 saturated carbocycles. The number of nitrogens with one attached hydrogen (secondary N) is 2. The lowest BCUT2D eigenvalue weighted by molar-refractivity contribution is -0.136. The van der Waals surface area contributed by atoms with Crippen LogP contribution < -0.4 is 15.5 Å². The van der Waals surface area contributed by atoms with Crippen molar-refractivity contribution < 1.29 is 18.8 Å². The first-order valence-corrected chi connectivity index (χ1v) is 9.18. The molecule has 0 saturated heterocycles. The van der Waals surface area contributed by atoms with Crippen LogP contribution in [0.4, 0.5) is 11.4 Å². The van der Waals surface area contributed by atoms with Crippen LogP contribution in [0, 0.1) is 0 Å². The number of rotatable bonds is 4. The molecule has 0 atom stereocenters. The molecule has 3 amide bonds. The van der Waals surface area contributed by atoms with Crippen molar-refractivity contribution in [2.75, 3.05) is 23.3 Å². The fourth-order valence-electron chi connectivity index (χ4n) is 3.75. The van der Waals surface area contributed by atoms with Gasteiger partial charge in [-0.25, -0.2) is 0 Å². The van der Waals surface area contributed by atoms with Crippen LogP contribution in [-0.4, -0.2) is 30.8 Å². The van der Waals surface area contributed by atoms with E-state index in [0.717, 1.165) is 41.8 Å². The maximum atomic E-state index is 12.2. The third-order valence-electron chi connectivity index (χ3n) is 5.02. The molecule has 2 aromatic rings. The van der Waals surface area contributed by atoms with Gasteiger partial charge >= 0.3 is 11.8 Å². The van der Waals surface area contributed by atoms with Gasteiger partial charge in [-0.15, -0.1) is 0 Å². The van der Waals surface area contributed by atoms with Gasteiger partial charge in [-0.2, -0.15) is 0 Å². The molecule has 4 rings (SSSR count). The van der Waals surface area contributed by atoms with Crippen molar-refractivity contribution in [2.45, 2.75) is 32.1 Å². The van der Waals surface area contributed by atoms with E-state index in [-0.39, 0.29) is 5.91 Å². The minimum absolute atomic E-state index is 0.164. The second-order valence-electron chi connectivity index (χ2n) is 6.88. The van der Waals surface area contributed by atoms with Gasteiger partial charge in [-0.1, -0.05) is 0 Å². The minimum Gasteiger partial charge on any atom is -0.472 e. The van der Waals surface area contributed by atoms with Crippen molar-refractivity contribution in [2.24, 2.45) is 0 Å². The molecule has 2 N–H and O–H groups in total. The molecule has 0 fully saturated rings. The zero-order valence-electron chi connectivity index (χ0n) is 14.9. The molecule has 7 nitrogen and oxygen atoms in total. The maximum Gasteiger partial charge on any atom is 0.313 e. The quantitative estimate of drug-likeness (QED) is 0.806. The first-order valence-electron chi connectivity index (χ1n) is 9.18. The van der Waals surface area contributed by atoms with Crippen molar-refractivity contribution in [1.29, 1.82) is 0 Å². The molecule has 140 valence electrons. The molecule has 3 heterocycles. The summed E-state index contributed by atoms with van der Waals surface area (Å²) in [5, 5.41) is 5.30. The van der Waals surface area contributed by atoms with E-state index in [9.17, 15) is 14.4 Å². The Kier molecular flexibility index (Phi) is 4.66. The Morgan fingerprint density at radius 3 is 2.70 bits per heavy atom. The molecule has 2 aliphatic rings. The molecule has 1 aromatic carbocycles. The topological polar surface area (TPSA) is 91.6 Å². The summed E-state index contributed by atoms with van der Waals surface area (Å²) in [6.45, 7) is 1.11. The number of nitrogens with zero attached hydrogens (tertiary/aromatic N) is 1. The monoisotopic (exact) mass is 367 g/mol. The summed E-state index contributed by atoms with van der Waals surface area (Å²) in [6.07, 6.45) is 6.70. The Balaban J connectivity index is 1.41.